The van der Waals surface area contributed by atoms with E-state index in [0.29, 0.717) is 5.92 Å². The normalized spacial score (nSPS) is 21.8. The largest absolute Gasteiger partial charge is 0.339 e. The quantitative estimate of drug-likeness (QED) is 0.858. The SMILES string of the molecule is CC(N)C1CCCN(C(=O)/C=C/c2ccc(Br)s2)C1. The Kier molecular flexibility index (Phi) is 5.19. The van der Waals surface area contributed by atoms with Gasteiger partial charge in [0.1, 0.15) is 0 Å². The van der Waals surface area contributed by atoms with E-state index in [2.05, 4.69) is 15.9 Å². The summed E-state index contributed by atoms with van der Waals surface area (Å²) in [5.74, 6) is 0.525. The first-order chi connectivity index (χ1) is 9.06. The molecule has 0 spiro atoms. The zero-order valence-corrected chi connectivity index (χ0v) is 13.4. The van der Waals surface area contributed by atoms with Gasteiger partial charge in [-0.25, -0.2) is 0 Å². The number of nitrogens with zero attached hydrogens (tertiary/aromatic N) is 1. The van der Waals surface area contributed by atoms with E-state index < -0.39 is 0 Å². The molecular weight excluding hydrogens is 324 g/mol. The third-order valence-corrected chi connectivity index (χ3v) is 5.09. The number of carbonyl (C=O) groups excluding carboxylic acids is 1. The van der Waals surface area contributed by atoms with Crippen LogP contribution in [0.15, 0.2) is 22.0 Å². The van der Waals surface area contributed by atoms with Gasteiger partial charge >= 0.3 is 0 Å². The Morgan fingerprint density at radius 2 is 2.42 bits per heavy atom. The molecule has 0 aliphatic carbocycles. The molecule has 1 aliphatic rings. The van der Waals surface area contributed by atoms with Gasteiger partial charge in [-0.15, -0.1) is 11.3 Å². The van der Waals surface area contributed by atoms with E-state index in [0.717, 1.165) is 34.6 Å². The molecule has 1 aromatic heterocycles. The van der Waals surface area contributed by atoms with E-state index in [1.54, 1.807) is 17.4 Å². The lowest BCUT2D eigenvalue weighted by molar-refractivity contribution is -0.127. The molecule has 1 aliphatic heterocycles. The number of amides is 1. The summed E-state index contributed by atoms with van der Waals surface area (Å²) in [5.41, 5.74) is 5.94. The van der Waals surface area contributed by atoms with Crippen LogP contribution in [-0.4, -0.2) is 29.9 Å². The molecular formula is C14H19BrN2OS. The summed E-state index contributed by atoms with van der Waals surface area (Å²) in [6.07, 6.45) is 5.73. The minimum Gasteiger partial charge on any atom is -0.339 e. The van der Waals surface area contributed by atoms with Crippen molar-refractivity contribution in [3.8, 4) is 0 Å². The lowest BCUT2D eigenvalue weighted by Crippen LogP contribution is -2.44. The molecule has 2 unspecified atom stereocenters. The lowest BCUT2D eigenvalue weighted by atomic mass is 9.92. The Morgan fingerprint density at radius 1 is 1.63 bits per heavy atom. The zero-order valence-electron chi connectivity index (χ0n) is 11.0. The fourth-order valence-electron chi connectivity index (χ4n) is 2.32. The van der Waals surface area contributed by atoms with Gasteiger partial charge < -0.3 is 10.6 Å². The van der Waals surface area contributed by atoms with Crippen LogP contribution in [-0.2, 0) is 4.79 Å². The summed E-state index contributed by atoms with van der Waals surface area (Å²) in [6.45, 7) is 3.66. The first kappa shape index (κ1) is 14.8. The molecule has 2 heterocycles. The molecule has 0 bridgehead atoms. The Hall–Kier alpha value is -0.650. The Bertz CT molecular complexity index is 470. The molecule has 3 nitrogen and oxygen atoms in total. The van der Waals surface area contributed by atoms with Crippen molar-refractivity contribution in [2.45, 2.75) is 25.8 Å². The number of nitrogens with two attached hydrogens (primary N) is 1. The van der Waals surface area contributed by atoms with Crippen molar-refractivity contribution < 1.29 is 4.79 Å². The summed E-state index contributed by atoms with van der Waals surface area (Å²) in [4.78, 5) is 15.1. The maximum absolute atomic E-state index is 12.1. The molecule has 5 heteroatoms. The van der Waals surface area contributed by atoms with Crippen LogP contribution in [0.2, 0.25) is 0 Å². The molecule has 2 N–H and O–H groups in total. The van der Waals surface area contributed by atoms with Gasteiger partial charge in [0.25, 0.3) is 0 Å². The number of likely N-dealkylation sites (tertiary alicyclic amines) is 1. The molecule has 0 aromatic carbocycles. The summed E-state index contributed by atoms with van der Waals surface area (Å²) in [5, 5.41) is 0. The van der Waals surface area contributed by atoms with E-state index >= 15 is 0 Å². The van der Waals surface area contributed by atoms with Crippen molar-refractivity contribution in [2.75, 3.05) is 13.1 Å². The van der Waals surface area contributed by atoms with Gasteiger partial charge in [-0.1, -0.05) is 0 Å². The molecule has 1 fully saturated rings. The van der Waals surface area contributed by atoms with Crippen LogP contribution < -0.4 is 5.73 Å². The average Bonchev–Trinajstić information content (AvgIpc) is 2.82. The highest BCUT2D eigenvalue weighted by Gasteiger charge is 2.24. The third kappa shape index (κ3) is 4.16. The van der Waals surface area contributed by atoms with Gasteiger partial charge in [-0.3, -0.25) is 4.79 Å². The van der Waals surface area contributed by atoms with Gasteiger partial charge in [-0.2, -0.15) is 0 Å². The smallest absolute Gasteiger partial charge is 0.246 e. The maximum Gasteiger partial charge on any atom is 0.246 e. The van der Waals surface area contributed by atoms with Crippen LogP contribution in [0.5, 0.6) is 0 Å². The number of carbonyl (C=O) groups is 1. The molecule has 1 amide bonds. The number of piperidine rings is 1. The first-order valence-corrected chi connectivity index (χ1v) is 8.15. The molecule has 19 heavy (non-hydrogen) atoms. The van der Waals surface area contributed by atoms with Crippen molar-refractivity contribution in [1.29, 1.82) is 0 Å². The van der Waals surface area contributed by atoms with Crippen molar-refractivity contribution in [1.82, 2.24) is 4.90 Å². The van der Waals surface area contributed by atoms with Crippen LogP contribution in [0, 0.1) is 5.92 Å². The number of halogens is 1. The second-order valence-electron chi connectivity index (χ2n) is 5.02. The highest BCUT2D eigenvalue weighted by Crippen LogP contribution is 2.23. The predicted octanol–water partition coefficient (Wildman–Crippen LogP) is 3.11. The van der Waals surface area contributed by atoms with E-state index in [9.17, 15) is 4.79 Å². The Labute approximate surface area is 126 Å². The first-order valence-electron chi connectivity index (χ1n) is 6.54. The monoisotopic (exact) mass is 342 g/mol. The van der Waals surface area contributed by atoms with E-state index in [1.165, 1.54) is 0 Å². The van der Waals surface area contributed by atoms with Crippen molar-refractivity contribution >= 4 is 39.2 Å². The summed E-state index contributed by atoms with van der Waals surface area (Å²) in [6, 6.07) is 4.15. The minimum atomic E-state index is 0.0925. The van der Waals surface area contributed by atoms with Gasteiger partial charge in [0.15, 0.2) is 0 Å². The predicted molar refractivity (Wildman–Crippen MR) is 84.0 cm³/mol. The van der Waals surface area contributed by atoms with Crippen LogP contribution in [0.1, 0.15) is 24.6 Å². The average molecular weight is 343 g/mol. The van der Waals surface area contributed by atoms with Gasteiger partial charge in [-0.05, 0) is 59.8 Å². The van der Waals surface area contributed by atoms with Gasteiger partial charge in [0, 0.05) is 30.1 Å². The number of hydrogen-bond acceptors (Lipinski definition) is 3. The van der Waals surface area contributed by atoms with E-state index in [-0.39, 0.29) is 11.9 Å². The summed E-state index contributed by atoms with van der Waals surface area (Å²) in [7, 11) is 0. The standard InChI is InChI=1S/C14H19BrN2OS/c1-10(16)11-3-2-8-17(9-11)14(18)7-5-12-4-6-13(15)19-12/h4-7,10-11H,2-3,8-9,16H2,1H3/b7-5+. The second-order valence-corrected chi connectivity index (χ2v) is 7.52. The van der Waals surface area contributed by atoms with Crippen LogP contribution in [0.25, 0.3) is 6.08 Å². The number of hydrogen-bond donors (Lipinski definition) is 1. The maximum atomic E-state index is 12.1. The fourth-order valence-corrected chi connectivity index (χ4v) is 3.64. The summed E-state index contributed by atoms with van der Waals surface area (Å²) < 4.78 is 1.08. The number of thiophene rings is 1. The fraction of sp³-hybridized carbons (Fsp3) is 0.500. The van der Waals surface area contributed by atoms with Gasteiger partial charge in [0.2, 0.25) is 5.91 Å². The highest BCUT2D eigenvalue weighted by molar-refractivity contribution is 9.11. The zero-order chi connectivity index (χ0) is 13.8. The van der Waals surface area contributed by atoms with Crippen molar-refractivity contribution in [3.05, 3.63) is 26.9 Å². The third-order valence-electron chi connectivity index (χ3n) is 3.50. The van der Waals surface area contributed by atoms with Crippen LogP contribution in [0.3, 0.4) is 0 Å². The van der Waals surface area contributed by atoms with E-state index in [4.69, 9.17) is 5.73 Å². The van der Waals surface area contributed by atoms with Crippen molar-refractivity contribution in [2.24, 2.45) is 11.7 Å². The molecule has 1 aromatic rings. The Balaban J connectivity index is 1.94. The minimum absolute atomic E-state index is 0.0925. The van der Waals surface area contributed by atoms with E-state index in [1.807, 2.05) is 30.0 Å². The summed E-state index contributed by atoms with van der Waals surface area (Å²) >= 11 is 5.04. The molecule has 0 saturated carbocycles. The highest BCUT2D eigenvalue weighted by atomic mass is 79.9. The van der Waals surface area contributed by atoms with Crippen LogP contribution in [0.4, 0.5) is 0 Å². The molecule has 1 saturated heterocycles. The second kappa shape index (κ2) is 6.68. The molecule has 2 rings (SSSR count). The lowest BCUT2D eigenvalue weighted by Gasteiger charge is -2.34. The molecule has 104 valence electrons. The molecule has 2 atom stereocenters. The van der Waals surface area contributed by atoms with Gasteiger partial charge in [0.05, 0.1) is 3.79 Å². The molecule has 0 radical (unpaired) electrons. The number of rotatable bonds is 3. The topological polar surface area (TPSA) is 46.3 Å². The Morgan fingerprint density at radius 3 is 3.05 bits per heavy atom. The van der Waals surface area contributed by atoms with Crippen molar-refractivity contribution in [3.63, 3.8) is 0 Å². The van der Waals surface area contributed by atoms with Crippen LogP contribution >= 0.6 is 27.3 Å².